The van der Waals surface area contributed by atoms with Crippen molar-refractivity contribution in [3.05, 3.63) is 89.0 Å². The van der Waals surface area contributed by atoms with Crippen molar-refractivity contribution in [1.82, 2.24) is 9.73 Å². The van der Waals surface area contributed by atoms with Crippen LogP contribution in [0.15, 0.2) is 76.7 Å². The van der Waals surface area contributed by atoms with Crippen LogP contribution in [0, 0.1) is 6.92 Å². The number of rotatable bonds is 9. The molecule has 1 N–H and O–H groups in total. The molecule has 1 amide bonds. The topological polar surface area (TPSA) is 97.3 Å². The summed E-state index contributed by atoms with van der Waals surface area (Å²) in [6.07, 6.45) is 0. The average Bonchev–Trinajstić information content (AvgIpc) is 2.87. The van der Waals surface area contributed by atoms with Gasteiger partial charge in [-0.25, -0.2) is 13.8 Å². The second-order valence-corrected chi connectivity index (χ2v) is 10.0. The molecule has 0 aromatic heterocycles. The second-order valence-electron chi connectivity index (χ2n) is 7.98. The van der Waals surface area contributed by atoms with Crippen LogP contribution in [0.3, 0.4) is 0 Å². The number of methoxy groups -OCH3 is 2. The molecule has 0 aliphatic carbocycles. The Morgan fingerprint density at radius 1 is 0.914 bits per heavy atom. The van der Waals surface area contributed by atoms with Crippen molar-refractivity contribution in [1.29, 1.82) is 0 Å². The van der Waals surface area contributed by atoms with Crippen LogP contribution in [0.25, 0.3) is 0 Å². The lowest BCUT2D eigenvalue weighted by molar-refractivity contribution is 0.0955. The lowest BCUT2D eigenvalue weighted by Crippen LogP contribution is -2.26. The van der Waals surface area contributed by atoms with Crippen molar-refractivity contribution < 1.29 is 22.7 Å². The van der Waals surface area contributed by atoms with Gasteiger partial charge in [-0.3, -0.25) is 4.79 Å². The Morgan fingerprint density at radius 2 is 1.51 bits per heavy atom. The Morgan fingerprint density at radius 3 is 2.11 bits per heavy atom. The van der Waals surface area contributed by atoms with E-state index < -0.39 is 10.0 Å². The number of amides is 1. The summed E-state index contributed by atoms with van der Waals surface area (Å²) < 4.78 is 37.4. The highest BCUT2D eigenvalue weighted by Crippen LogP contribution is 2.27. The molecule has 35 heavy (non-hydrogen) atoms. The van der Waals surface area contributed by atoms with Crippen molar-refractivity contribution >= 4 is 21.6 Å². The summed E-state index contributed by atoms with van der Waals surface area (Å²) in [7, 11) is 1.03. The fourth-order valence-corrected chi connectivity index (χ4v) is 4.48. The van der Waals surface area contributed by atoms with Gasteiger partial charge in [0.2, 0.25) is 10.0 Å². The minimum Gasteiger partial charge on any atom is -0.493 e. The van der Waals surface area contributed by atoms with Crippen LogP contribution in [0.4, 0.5) is 0 Å². The van der Waals surface area contributed by atoms with E-state index in [1.807, 2.05) is 13.0 Å². The quantitative estimate of drug-likeness (QED) is 0.358. The summed E-state index contributed by atoms with van der Waals surface area (Å²) in [6.45, 7) is 3.85. The third-order valence-electron chi connectivity index (χ3n) is 5.48. The SMILES string of the molecule is COc1ccc(/C(C)=N/NC(=O)c2ccc(CN(C)S(=O)(=O)c3ccc(C)cc3)cc2)cc1OC. The zero-order valence-corrected chi connectivity index (χ0v) is 21.2. The summed E-state index contributed by atoms with van der Waals surface area (Å²) in [5, 5.41) is 4.18. The van der Waals surface area contributed by atoms with Crippen molar-refractivity contribution in [2.45, 2.75) is 25.3 Å². The molecule has 0 saturated heterocycles. The van der Waals surface area contributed by atoms with Crippen LogP contribution in [-0.2, 0) is 16.6 Å². The zero-order chi connectivity index (χ0) is 25.6. The lowest BCUT2D eigenvalue weighted by atomic mass is 10.1. The molecule has 0 unspecified atom stereocenters. The first-order valence-electron chi connectivity index (χ1n) is 10.8. The standard InChI is InChI=1S/C26H29N3O5S/c1-18-6-13-23(14-7-18)35(31,32)29(3)17-20-8-10-21(11-9-20)26(30)28-27-19(2)22-12-15-24(33-4)25(16-22)34-5/h6-16H,17H2,1-5H3,(H,28,30)/b27-19+. The van der Waals surface area contributed by atoms with Crippen molar-refractivity contribution in [3.8, 4) is 11.5 Å². The molecule has 0 fully saturated rings. The molecule has 3 aromatic rings. The van der Waals surface area contributed by atoms with Gasteiger partial charge in [-0.2, -0.15) is 9.41 Å². The summed E-state index contributed by atoms with van der Waals surface area (Å²) >= 11 is 0. The van der Waals surface area contributed by atoms with E-state index in [9.17, 15) is 13.2 Å². The van der Waals surface area contributed by atoms with Gasteiger partial charge in [0.1, 0.15) is 0 Å². The Hall–Kier alpha value is -3.69. The van der Waals surface area contributed by atoms with Gasteiger partial charge in [-0.15, -0.1) is 0 Å². The van der Waals surface area contributed by atoms with Crippen LogP contribution in [-0.4, -0.2) is 45.6 Å². The Kier molecular flexibility index (Phi) is 8.26. The number of aryl methyl sites for hydroxylation is 1. The third-order valence-corrected chi connectivity index (χ3v) is 7.29. The van der Waals surface area contributed by atoms with E-state index >= 15 is 0 Å². The summed E-state index contributed by atoms with van der Waals surface area (Å²) in [5.41, 5.74) is 6.06. The van der Waals surface area contributed by atoms with Gasteiger partial charge in [0.15, 0.2) is 11.5 Å². The number of nitrogens with zero attached hydrogens (tertiary/aromatic N) is 2. The van der Waals surface area contributed by atoms with Gasteiger partial charge >= 0.3 is 0 Å². The van der Waals surface area contributed by atoms with E-state index in [0.29, 0.717) is 22.8 Å². The van der Waals surface area contributed by atoms with E-state index in [2.05, 4.69) is 10.5 Å². The van der Waals surface area contributed by atoms with Gasteiger partial charge in [0.25, 0.3) is 5.91 Å². The number of carbonyl (C=O) groups is 1. The monoisotopic (exact) mass is 495 g/mol. The number of benzene rings is 3. The maximum atomic E-state index is 12.8. The average molecular weight is 496 g/mol. The van der Waals surface area contributed by atoms with E-state index in [1.165, 1.54) is 11.4 Å². The molecule has 0 heterocycles. The van der Waals surface area contributed by atoms with E-state index in [0.717, 1.165) is 16.7 Å². The van der Waals surface area contributed by atoms with Gasteiger partial charge in [-0.05, 0) is 61.9 Å². The fraction of sp³-hybridized carbons (Fsp3) is 0.231. The van der Waals surface area contributed by atoms with Crippen LogP contribution in [0.1, 0.15) is 34.0 Å². The van der Waals surface area contributed by atoms with E-state index in [4.69, 9.17) is 9.47 Å². The highest BCUT2D eigenvalue weighted by atomic mass is 32.2. The molecular formula is C26H29N3O5S. The Balaban J connectivity index is 1.65. The van der Waals surface area contributed by atoms with Crippen molar-refractivity contribution in [2.75, 3.05) is 21.3 Å². The number of ether oxygens (including phenoxy) is 2. The zero-order valence-electron chi connectivity index (χ0n) is 20.4. The maximum absolute atomic E-state index is 12.8. The molecule has 0 radical (unpaired) electrons. The Labute approximate surface area is 206 Å². The molecule has 0 saturated carbocycles. The molecular weight excluding hydrogens is 466 g/mol. The van der Waals surface area contributed by atoms with Crippen LogP contribution < -0.4 is 14.9 Å². The predicted molar refractivity (Wildman–Crippen MR) is 135 cm³/mol. The molecule has 9 heteroatoms. The molecule has 0 bridgehead atoms. The lowest BCUT2D eigenvalue weighted by Gasteiger charge is -2.17. The second kappa shape index (κ2) is 11.2. The number of hydrogen-bond acceptors (Lipinski definition) is 6. The fourth-order valence-electron chi connectivity index (χ4n) is 3.32. The molecule has 0 spiro atoms. The van der Waals surface area contributed by atoms with Gasteiger partial charge in [0.05, 0.1) is 24.8 Å². The first-order chi connectivity index (χ1) is 16.6. The third kappa shape index (κ3) is 6.26. The summed E-state index contributed by atoms with van der Waals surface area (Å²) in [5.74, 6) is 0.790. The van der Waals surface area contributed by atoms with Crippen molar-refractivity contribution in [3.63, 3.8) is 0 Å². The summed E-state index contributed by atoms with van der Waals surface area (Å²) in [4.78, 5) is 12.8. The van der Waals surface area contributed by atoms with Gasteiger partial charge < -0.3 is 9.47 Å². The number of hydrogen-bond donors (Lipinski definition) is 1. The summed E-state index contributed by atoms with van der Waals surface area (Å²) in [6, 6.07) is 18.8. The van der Waals surface area contributed by atoms with E-state index in [-0.39, 0.29) is 17.3 Å². The normalized spacial score (nSPS) is 11.9. The van der Waals surface area contributed by atoms with E-state index in [1.54, 1.807) is 81.8 Å². The predicted octanol–water partition coefficient (Wildman–Crippen LogP) is 3.99. The van der Waals surface area contributed by atoms with Crippen LogP contribution in [0.2, 0.25) is 0 Å². The molecule has 3 aromatic carbocycles. The number of hydrazone groups is 1. The minimum absolute atomic E-state index is 0.175. The van der Waals surface area contributed by atoms with Crippen molar-refractivity contribution in [2.24, 2.45) is 5.10 Å². The minimum atomic E-state index is -3.61. The number of nitrogens with one attached hydrogen (secondary N) is 1. The molecule has 184 valence electrons. The Bertz CT molecular complexity index is 1320. The van der Waals surface area contributed by atoms with Crippen LogP contribution >= 0.6 is 0 Å². The molecule has 0 aliphatic heterocycles. The highest BCUT2D eigenvalue weighted by molar-refractivity contribution is 7.89. The molecule has 0 aliphatic rings. The molecule has 8 nitrogen and oxygen atoms in total. The van der Waals surface area contributed by atoms with Gasteiger partial charge in [0, 0.05) is 24.7 Å². The van der Waals surface area contributed by atoms with Gasteiger partial charge in [-0.1, -0.05) is 29.8 Å². The molecule has 0 atom stereocenters. The first kappa shape index (κ1) is 25.9. The highest BCUT2D eigenvalue weighted by Gasteiger charge is 2.20. The first-order valence-corrected chi connectivity index (χ1v) is 12.3. The smallest absolute Gasteiger partial charge is 0.271 e. The number of sulfonamides is 1. The largest absolute Gasteiger partial charge is 0.493 e. The molecule has 3 rings (SSSR count). The number of carbonyl (C=O) groups excluding carboxylic acids is 1. The van der Waals surface area contributed by atoms with Crippen LogP contribution in [0.5, 0.6) is 11.5 Å². The maximum Gasteiger partial charge on any atom is 0.271 e.